The van der Waals surface area contributed by atoms with Crippen LogP contribution in [0, 0.1) is 6.92 Å². The van der Waals surface area contributed by atoms with Crippen LogP contribution in [0.3, 0.4) is 0 Å². The van der Waals surface area contributed by atoms with Crippen LogP contribution in [0.15, 0.2) is 182 Å². The van der Waals surface area contributed by atoms with Gasteiger partial charge in [0.25, 0.3) is 0 Å². The predicted octanol–water partition coefficient (Wildman–Crippen LogP) is 15.0. The molecule has 8 aromatic carbocycles. The highest BCUT2D eigenvalue weighted by Crippen LogP contribution is 2.53. The van der Waals surface area contributed by atoms with Gasteiger partial charge in [-0.05, 0) is 106 Å². The second kappa shape index (κ2) is 12.8. The lowest BCUT2D eigenvalue weighted by Crippen LogP contribution is -2.12. The van der Waals surface area contributed by atoms with Gasteiger partial charge in [-0.2, -0.15) is 0 Å². The molecule has 2 heteroatoms. The Morgan fingerprint density at radius 2 is 0.630 bits per heavy atom. The first-order valence-corrected chi connectivity index (χ1v) is 19.0. The van der Waals surface area contributed by atoms with E-state index in [1.54, 1.807) is 0 Å². The molecule has 258 valence electrons. The number of aryl methyl sites for hydroxylation is 1. The fourth-order valence-corrected chi connectivity index (χ4v) is 8.81. The average Bonchev–Trinajstić information content (AvgIpc) is 3.42. The van der Waals surface area contributed by atoms with Gasteiger partial charge in [0.15, 0.2) is 0 Å². The van der Waals surface area contributed by atoms with Crippen molar-refractivity contribution in [1.82, 2.24) is 0 Å². The van der Waals surface area contributed by atoms with E-state index in [-0.39, 0.29) is 0 Å². The van der Waals surface area contributed by atoms with Crippen molar-refractivity contribution in [3.8, 4) is 55.6 Å². The van der Waals surface area contributed by atoms with Gasteiger partial charge in [-0.15, -0.1) is 0 Å². The van der Waals surface area contributed by atoms with Crippen LogP contribution in [-0.4, -0.2) is 0 Å². The third kappa shape index (κ3) is 5.02. The normalized spacial score (nSPS) is 12.4. The molecule has 2 nitrogen and oxygen atoms in total. The highest BCUT2D eigenvalue weighted by Gasteiger charge is 2.28. The van der Waals surface area contributed by atoms with Gasteiger partial charge in [0.05, 0.1) is 22.7 Å². The number of hydrogen-bond acceptors (Lipinski definition) is 2. The zero-order valence-corrected chi connectivity index (χ0v) is 30.8. The van der Waals surface area contributed by atoms with Crippen LogP contribution in [0.4, 0.5) is 34.1 Å². The number of para-hydroxylation sites is 4. The predicted molar refractivity (Wildman–Crippen MR) is 229 cm³/mol. The minimum atomic E-state index is 0.316. The summed E-state index contributed by atoms with van der Waals surface area (Å²) in [6.07, 6.45) is 0. The summed E-state index contributed by atoms with van der Waals surface area (Å²) in [6, 6.07) is 67.0. The van der Waals surface area contributed by atoms with Crippen LogP contribution >= 0.6 is 0 Å². The zero-order chi connectivity index (χ0) is 36.3. The van der Waals surface area contributed by atoms with Gasteiger partial charge in [-0.3, -0.25) is 0 Å². The van der Waals surface area contributed by atoms with E-state index in [0.717, 1.165) is 5.69 Å². The SMILES string of the molecule is Cc1cc(N2c3ccccc3-c3ccccc3-c3ccccc32)ccc1-c1ccc(N2c3ccccc3-c3ccccc3-c3ccccc32)cc1C(C)C. The molecule has 54 heavy (non-hydrogen) atoms. The summed E-state index contributed by atoms with van der Waals surface area (Å²) in [6.45, 7) is 6.89. The van der Waals surface area contributed by atoms with E-state index in [9.17, 15) is 0 Å². The van der Waals surface area contributed by atoms with Crippen molar-refractivity contribution in [2.24, 2.45) is 0 Å². The lowest BCUT2D eigenvalue weighted by atomic mass is 9.89. The Balaban J connectivity index is 1.11. The Kier molecular flexibility index (Phi) is 7.59. The number of fused-ring (bicyclic) bond motifs is 10. The number of hydrogen-bond donors (Lipinski definition) is 0. The van der Waals surface area contributed by atoms with Crippen LogP contribution in [0.5, 0.6) is 0 Å². The summed E-state index contributed by atoms with van der Waals surface area (Å²) in [4.78, 5) is 4.91. The van der Waals surface area contributed by atoms with Gasteiger partial charge in [0.1, 0.15) is 0 Å². The first-order chi connectivity index (χ1) is 26.6. The molecule has 0 aromatic heterocycles. The van der Waals surface area contributed by atoms with Gasteiger partial charge in [0.2, 0.25) is 0 Å². The minimum Gasteiger partial charge on any atom is -0.309 e. The van der Waals surface area contributed by atoms with Crippen LogP contribution in [0.25, 0.3) is 55.6 Å². The van der Waals surface area contributed by atoms with E-state index in [1.165, 1.54) is 95.2 Å². The van der Waals surface area contributed by atoms with Crippen LogP contribution < -0.4 is 9.80 Å². The summed E-state index contributed by atoms with van der Waals surface area (Å²) in [7, 11) is 0. The molecule has 2 heterocycles. The van der Waals surface area contributed by atoms with E-state index in [4.69, 9.17) is 0 Å². The van der Waals surface area contributed by atoms with Crippen molar-refractivity contribution in [2.75, 3.05) is 9.80 Å². The molecule has 2 aliphatic heterocycles. The maximum Gasteiger partial charge on any atom is 0.0540 e. The summed E-state index contributed by atoms with van der Waals surface area (Å²) in [5.41, 5.74) is 22.2. The van der Waals surface area contributed by atoms with Crippen molar-refractivity contribution >= 4 is 34.1 Å². The minimum absolute atomic E-state index is 0.316. The quantitative estimate of drug-likeness (QED) is 0.181. The zero-order valence-electron chi connectivity index (χ0n) is 30.8. The summed E-state index contributed by atoms with van der Waals surface area (Å²) < 4.78 is 0. The van der Waals surface area contributed by atoms with Gasteiger partial charge in [-0.25, -0.2) is 0 Å². The third-order valence-corrected chi connectivity index (χ3v) is 11.3. The monoisotopic (exact) mass is 692 g/mol. The van der Waals surface area contributed by atoms with Gasteiger partial charge in [0, 0.05) is 33.6 Å². The van der Waals surface area contributed by atoms with Crippen LogP contribution in [-0.2, 0) is 0 Å². The molecule has 10 rings (SSSR count). The first-order valence-electron chi connectivity index (χ1n) is 19.0. The van der Waals surface area contributed by atoms with Gasteiger partial charge in [-0.1, -0.05) is 147 Å². The van der Waals surface area contributed by atoms with Crippen LogP contribution in [0.2, 0.25) is 0 Å². The topological polar surface area (TPSA) is 6.48 Å². The molecule has 0 fully saturated rings. The maximum absolute atomic E-state index is 2.46. The number of rotatable bonds is 4. The van der Waals surface area contributed by atoms with Crippen molar-refractivity contribution < 1.29 is 0 Å². The Morgan fingerprint density at radius 1 is 0.315 bits per heavy atom. The van der Waals surface area contributed by atoms with E-state index >= 15 is 0 Å². The molecule has 0 aliphatic carbocycles. The Bertz CT molecular complexity index is 2600. The molecule has 0 spiro atoms. The Labute approximate surface area is 318 Å². The standard InChI is InChI=1S/C52H40N2/c1-34(2)48-33-37(54-51-26-14-10-22-46(51)41-18-6-7-19-42(41)47-23-11-15-27-52(47)54)29-31-43(48)38-30-28-36(32-35(38)3)53-49-24-12-8-20-44(49)39-16-4-5-17-40(39)45-21-9-13-25-50(45)53/h4-34H,1-3H3. The number of anilines is 6. The summed E-state index contributed by atoms with van der Waals surface area (Å²) in [5, 5.41) is 0. The molecule has 0 N–H and O–H groups in total. The second-order valence-electron chi connectivity index (χ2n) is 14.8. The van der Waals surface area contributed by atoms with Crippen molar-refractivity contribution in [1.29, 1.82) is 0 Å². The Morgan fingerprint density at radius 3 is 0.981 bits per heavy atom. The average molecular weight is 693 g/mol. The molecule has 2 aliphatic rings. The summed E-state index contributed by atoms with van der Waals surface area (Å²) in [5.74, 6) is 0.316. The van der Waals surface area contributed by atoms with E-state index in [2.05, 4.69) is 213 Å². The van der Waals surface area contributed by atoms with Crippen molar-refractivity contribution in [3.05, 3.63) is 193 Å². The van der Waals surface area contributed by atoms with Crippen LogP contribution in [0.1, 0.15) is 30.9 Å². The first kappa shape index (κ1) is 32.0. The fourth-order valence-electron chi connectivity index (χ4n) is 8.81. The Hall–Kier alpha value is -6.64. The smallest absolute Gasteiger partial charge is 0.0540 e. The number of nitrogens with zero attached hydrogens (tertiary/aromatic N) is 2. The molecule has 0 radical (unpaired) electrons. The van der Waals surface area contributed by atoms with Crippen molar-refractivity contribution in [3.63, 3.8) is 0 Å². The lowest BCUT2D eigenvalue weighted by molar-refractivity contribution is 0.868. The van der Waals surface area contributed by atoms with Gasteiger partial charge < -0.3 is 9.80 Å². The summed E-state index contributed by atoms with van der Waals surface area (Å²) >= 11 is 0. The van der Waals surface area contributed by atoms with E-state index in [1.807, 2.05) is 0 Å². The molecule has 8 aromatic rings. The van der Waals surface area contributed by atoms with E-state index in [0.29, 0.717) is 5.92 Å². The van der Waals surface area contributed by atoms with E-state index < -0.39 is 0 Å². The second-order valence-corrected chi connectivity index (χ2v) is 14.8. The fraction of sp³-hybridized carbons (Fsp3) is 0.0769. The molecule has 0 unspecified atom stereocenters. The van der Waals surface area contributed by atoms with Gasteiger partial charge >= 0.3 is 0 Å². The molecule has 0 bridgehead atoms. The highest BCUT2D eigenvalue weighted by atomic mass is 15.2. The largest absolute Gasteiger partial charge is 0.309 e. The molecular formula is C52H40N2. The molecule has 0 amide bonds. The third-order valence-electron chi connectivity index (χ3n) is 11.3. The molecule has 0 saturated heterocycles. The lowest BCUT2D eigenvalue weighted by Gasteiger charge is -2.29. The highest BCUT2D eigenvalue weighted by molar-refractivity contribution is 6.04. The maximum atomic E-state index is 2.46. The molecular weight excluding hydrogens is 653 g/mol. The van der Waals surface area contributed by atoms with Crippen molar-refractivity contribution in [2.45, 2.75) is 26.7 Å². The molecule has 0 atom stereocenters. The number of benzene rings is 8. The molecule has 0 saturated carbocycles.